The highest BCUT2D eigenvalue weighted by molar-refractivity contribution is 7.99. The van der Waals surface area contributed by atoms with Crippen molar-refractivity contribution in [3.8, 4) is 6.07 Å². The standard InChI is InChI=1S/C13H24N2S/c1-4-13(10-14,15-12-6-7-12)8-5-9-16-11(2)3/h11-12,15H,4-9H2,1-3H3. The molecule has 0 aromatic carbocycles. The van der Waals surface area contributed by atoms with Gasteiger partial charge in [-0.15, -0.1) is 0 Å². The Labute approximate surface area is 104 Å². The predicted octanol–water partition coefficient (Wildman–Crippen LogP) is 3.33. The normalized spacial score (nSPS) is 19.4. The van der Waals surface area contributed by atoms with E-state index in [1.54, 1.807) is 0 Å². The fourth-order valence-corrected chi connectivity index (χ4v) is 2.61. The van der Waals surface area contributed by atoms with Gasteiger partial charge in [-0.2, -0.15) is 17.0 Å². The SMILES string of the molecule is CCC(C#N)(CCCSC(C)C)NC1CC1. The molecule has 1 fully saturated rings. The van der Waals surface area contributed by atoms with Gasteiger partial charge >= 0.3 is 0 Å². The largest absolute Gasteiger partial charge is 0.297 e. The first-order valence-electron chi connectivity index (χ1n) is 6.42. The number of hydrogen-bond acceptors (Lipinski definition) is 3. The van der Waals surface area contributed by atoms with Crippen LogP contribution >= 0.6 is 11.8 Å². The highest BCUT2D eigenvalue weighted by Crippen LogP contribution is 2.27. The minimum absolute atomic E-state index is 0.251. The average Bonchev–Trinajstić information content (AvgIpc) is 3.06. The van der Waals surface area contributed by atoms with Crippen LogP contribution < -0.4 is 5.32 Å². The van der Waals surface area contributed by atoms with E-state index in [-0.39, 0.29) is 5.54 Å². The van der Waals surface area contributed by atoms with E-state index in [0.29, 0.717) is 11.3 Å². The summed E-state index contributed by atoms with van der Waals surface area (Å²) >= 11 is 1.99. The molecule has 0 saturated heterocycles. The number of hydrogen-bond donors (Lipinski definition) is 1. The lowest BCUT2D eigenvalue weighted by Crippen LogP contribution is -2.44. The lowest BCUT2D eigenvalue weighted by Gasteiger charge is -2.26. The predicted molar refractivity (Wildman–Crippen MR) is 71.6 cm³/mol. The van der Waals surface area contributed by atoms with E-state index in [9.17, 15) is 5.26 Å². The van der Waals surface area contributed by atoms with Crippen molar-refractivity contribution in [3.05, 3.63) is 0 Å². The number of nitrogens with one attached hydrogen (secondary N) is 1. The first-order valence-corrected chi connectivity index (χ1v) is 7.47. The Bertz CT molecular complexity index is 243. The minimum atomic E-state index is -0.251. The third kappa shape index (κ3) is 4.76. The quantitative estimate of drug-likeness (QED) is 0.661. The van der Waals surface area contributed by atoms with Gasteiger partial charge in [0.05, 0.1) is 6.07 Å². The van der Waals surface area contributed by atoms with E-state index in [2.05, 4.69) is 32.2 Å². The van der Waals surface area contributed by atoms with Gasteiger partial charge in [-0.1, -0.05) is 20.8 Å². The lowest BCUT2D eigenvalue weighted by atomic mass is 9.92. The maximum absolute atomic E-state index is 9.34. The second-order valence-corrected chi connectivity index (χ2v) is 6.67. The summed E-state index contributed by atoms with van der Waals surface area (Å²) in [7, 11) is 0. The second kappa shape index (κ2) is 6.51. The highest BCUT2D eigenvalue weighted by atomic mass is 32.2. The first-order chi connectivity index (χ1) is 7.62. The van der Waals surface area contributed by atoms with Crippen molar-refractivity contribution < 1.29 is 0 Å². The van der Waals surface area contributed by atoms with Crippen LogP contribution in [0.25, 0.3) is 0 Å². The van der Waals surface area contributed by atoms with Gasteiger partial charge in [0, 0.05) is 6.04 Å². The van der Waals surface area contributed by atoms with Crippen molar-refractivity contribution >= 4 is 11.8 Å². The molecule has 16 heavy (non-hydrogen) atoms. The van der Waals surface area contributed by atoms with Gasteiger partial charge in [0.25, 0.3) is 0 Å². The number of rotatable bonds is 8. The van der Waals surface area contributed by atoms with E-state index in [0.717, 1.165) is 19.3 Å². The molecule has 1 saturated carbocycles. The topological polar surface area (TPSA) is 35.8 Å². The molecular weight excluding hydrogens is 216 g/mol. The molecule has 1 rings (SSSR count). The number of nitriles is 1. The molecule has 0 aliphatic heterocycles. The maximum atomic E-state index is 9.34. The third-order valence-corrected chi connectivity index (χ3v) is 4.27. The van der Waals surface area contributed by atoms with Crippen molar-refractivity contribution in [1.29, 1.82) is 5.26 Å². The van der Waals surface area contributed by atoms with Crippen LogP contribution in [0.5, 0.6) is 0 Å². The fourth-order valence-electron chi connectivity index (χ4n) is 1.83. The first kappa shape index (κ1) is 13.9. The molecule has 0 amide bonds. The molecule has 0 aromatic rings. The van der Waals surface area contributed by atoms with E-state index in [1.165, 1.54) is 18.6 Å². The summed E-state index contributed by atoms with van der Waals surface area (Å²) in [5.41, 5.74) is -0.251. The van der Waals surface area contributed by atoms with Gasteiger partial charge in [-0.05, 0) is 43.1 Å². The van der Waals surface area contributed by atoms with Crippen LogP contribution in [0, 0.1) is 11.3 Å². The van der Waals surface area contributed by atoms with Gasteiger partial charge < -0.3 is 0 Å². The van der Waals surface area contributed by atoms with E-state index >= 15 is 0 Å². The van der Waals surface area contributed by atoms with E-state index in [1.807, 2.05) is 11.8 Å². The molecule has 0 bridgehead atoms. The van der Waals surface area contributed by atoms with Crippen LogP contribution in [0.3, 0.4) is 0 Å². The molecule has 0 aromatic heterocycles. The summed E-state index contributed by atoms with van der Waals surface area (Å²) in [6.45, 7) is 6.57. The average molecular weight is 240 g/mol. The Hall–Kier alpha value is -0.200. The maximum Gasteiger partial charge on any atom is 0.106 e. The van der Waals surface area contributed by atoms with Crippen LogP contribution in [0.1, 0.15) is 52.9 Å². The zero-order chi connectivity index (χ0) is 12.0. The molecule has 0 heterocycles. The lowest BCUT2D eigenvalue weighted by molar-refractivity contribution is 0.367. The summed E-state index contributed by atoms with van der Waals surface area (Å²) in [6.07, 6.45) is 5.57. The van der Waals surface area contributed by atoms with Crippen molar-refractivity contribution in [2.75, 3.05) is 5.75 Å². The molecule has 3 heteroatoms. The van der Waals surface area contributed by atoms with Crippen LogP contribution in [0.4, 0.5) is 0 Å². The summed E-state index contributed by atoms with van der Waals surface area (Å²) in [5.74, 6) is 1.17. The molecule has 1 unspecified atom stereocenters. The number of thioether (sulfide) groups is 1. The summed E-state index contributed by atoms with van der Waals surface area (Å²) in [4.78, 5) is 0. The monoisotopic (exact) mass is 240 g/mol. The van der Waals surface area contributed by atoms with Gasteiger partial charge in [-0.3, -0.25) is 5.32 Å². The fraction of sp³-hybridized carbons (Fsp3) is 0.923. The van der Waals surface area contributed by atoms with Crippen LogP contribution in [-0.2, 0) is 0 Å². The second-order valence-electron chi connectivity index (χ2n) is 4.99. The molecule has 92 valence electrons. The van der Waals surface area contributed by atoms with Crippen molar-refractivity contribution in [2.24, 2.45) is 0 Å². The summed E-state index contributed by atoms with van der Waals surface area (Å²) < 4.78 is 0. The van der Waals surface area contributed by atoms with Crippen LogP contribution in [0.15, 0.2) is 0 Å². The van der Waals surface area contributed by atoms with Crippen LogP contribution in [-0.4, -0.2) is 22.6 Å². The summed E-state index contributed by atoms with van der Waals surface area (Å²) in [5, 5.41) is 13.6. The van der Waals surface area contributed by atoms with Gasteiger partial charge in [0.1, 0.15) is 5.54 Å². The molecule has 1 N–H and O–H groups in total. The molecule has 0 radical (unpaired) electrons. The van der Waals surface area contributed by atoms with E-state index in [4.69, 9.17) is 0 Å². The molecule has 1 aliphatic carbocycles. The minimum Gasteiger partial charge on any atom is -0.297 e. The molecular formula is C13H24N2S. The molecule has 2 nitrogen and oxygen atoms in total. The van der Waals surface area contributed by atoms with Crippen molar-refractivity contribution in [3.63, 3.8) is 0 Å². The Morgan fingerprint density at radius 3 is 2.62 bits per heavy atom. The number of nitrogens with zero attached hydrogens (tertiary/aromatic N) is 1. The Kier molecular flexibility index (Phi) is 5.64. The van der Waals surface area contributed by atoms with Crippen molar-refractivity contribution in [1.82, 2.24) is 5.32 Å². The molecule has 1 aliphatic rings. The Balaban J connectivity index is 2.29. The smallest absolute Gasteiger partial charge is 0.106 e. The summed E-state index contributed by atoms with van der Waals surface area (Å²) in [6, 6.07) is 3.13. The Morgan fingerprint density at radius 2 is 2.19 bits per heavy atom. The molecule has 0 spiro atoms. The highest BCUT2D eigenvalue weighted by Gasteiger charge is 2.34. The van der Waals surface area contributed by atoms with Crippen LogP contribution in [0.2, 0.25) is 0 Å². The zero-order valence-electron chi connectivity index (χ0n) is 10.8. The zero-order valence-corrected chi connectivity index (χ0v) is 11.6. The van der Waals surface area contributed by atoms with Gasteiger partial charge in [0.2, 0.25) is 0 Å². The van der Waals surface area contributed by atoms with Gasteiger partial charge in [-0.25, -0.2) is 0 Å². The van der Waals surface area contributed by atoms with Gasteiger partial charge in [0.15, 0.2) is 0 Å². The third-order valence-electron chi connectivity index (χ3n) is 3.07. The molecule has 1 atom stereocenters. The van der Waals surface area contributed by atoms with E-state index < -0.39 is 0 Å². The van der Waals surface area contributed by atoms with Crippen molar-refractivity contribution in [2.45, 2.75) is 69.7 Å². The Morgan fingerprint density at radius 1 is 1.50 bits per heavy atom.